The van der Waals surface area contributed by atoms with Gasteiger partial charge in [-0.25, -0.2) is 13.2 Å². The van der Waals surface area contributed by atoms with Crippen molar-refractivity contribution < 1.29 is 27.1 Å². The van der Waals surface area contributed by atoms with Crippen LogP contribution >= 0.6 is 45.2 Å². The van der Waals surface area contributed by atoms with E-state index in [1.54, 1.807) is 11.9 Å². The Labute approximate surface area is 356 Å². The third-order valence-electron chi connectivity index (χ3n) is 10.9. The van der Waals surface area contributed by atoms with Crippen LogP contribution in [0.15, 0.2) is 83.2 Å². The molecule has 0 aromatic heterocycles. The minimum Gasteiger partial charge on any atom is -0.748 e. The Hall–Kier alpha value is -2.49. The third kappa shape index (κ3) is 9.97. The number of unbranched alkanes of at least 4 members (excludes halogenated alkanes) is 3. The van der Waals surface area contributed by atoms with E-state index in [0.29, 0.717) is 19.4 Å². The van der Waals surface area contributed by atoms with Crippen LogP contribution in [0.25, 0.3) is 0 Å². The van der Waals surface area contributed by atoms with E-state index in [2.05, 4.69) is 150 Å². The predicted octanol–water partition coefficient (Wildman–Crippen LogP) is 10.9. The van der Waals surface area contributed by atoms with Gasteiger partial charge in [0, 0.05) is 67.4 Å². The van der Waals surface area contributed by atoms with Crippen LogP contribution in [-0.4, -0.2) is 65.7 Å². The number of anilines is 1. The summed E-state index contributed by atoms with van der Waals surface area (Å²) < 4.78 is 44.9. The van der Waals surface area contributed by atoms with Crippen molar-refractivity contribution in [3.05, 3.63) is 102 Å². The molecule has 0 spiro atoms. The van der Waals surface area contributed by atoms with Crippen molar-refractivity contribution >= 4 is 78.5 Å². The quantitative estimate of drug-likeness (QED) is 0.0859. The number of amides is 1. The summed E-state index contributed by atoms with van der Waals surface area (Å²) in [5.74, 6) is -0.369. The van der Waals surface area contributed by atoms with Crippen molar-refractivity contribution in [2.24, 2.45) is 0 Å². The summed E-state index contributed by atoms with van der Waals surface area (Å²) in [7, 11) is -2.47. The van der Waals surface area contributed by atoms with Gasteiger partial charge in [-0.1, -0.05) is 39.3 Å². The molecule has 2 heterocycles. The van der Waals surface area contributed by atoms with Crippen LogP contribution in [0.3, 0.4) is 0 Å². The Bertz CT molecular complexity index is 2090. The van der Waals surface area contributed by atoms with Gasteiger partial charge < -0.3 is 14.2 Å². The molecule has 298 valence electrons. The SMILES string of the molecule is CCCCC[N+]1=C(/C=C/C2=C(N(C)C(=O)OC(C)(C)C)C(=C/C=C3/N(CCCCS(=O)(=O)[O-])c4ccc(I)cc4C3(C)C)/CC2)C(C)(C)c2cc(I)ccc21. The fourth-order valence-corrected chi connectivity index (χ4v) is 9.63. The number of carbonyl (C=O) groups is 1. The molecule has 0 atom stereocenters. The Morgan fingerprint density at radius 3 is 2.27 bits per heavy atom. The second-order valence-electron chi connectivity index (χ2n) is 16.9. The molecule has 0 N–H and O–H groups in total. The lowest BCUT2D eigenvalue weighted by atomic mass is 9.81. The highest BCUT2D eigenvalue weighted by Gasteiger charge is 2.44. The molecule has 8 nitrogen and oxygen atoms in total. The maximum Gasteiger partial charge on any atom is 0.414 e. The van der Waals surface area contributed by atoms with Gasteiger partial charge in [0.25, 0.3) is 0 Å². The van der Waals surface area contributed by atoms with Gasteiger partial charge in [-0.05, 0) is 165 Å². The van der Waals surface area contributed by atoms with Crippen LogP contribution in [0.5, 0.6) is 0 Å². The zero-order valence-electron chi connectivity index (χ0n) is 33.9. The van der Waals surface area contributed by atoms with Crippen molar-refractivity contribution in [1.82, 2.24) is 4.90 Å². The summed E-state index contributed by atoms with van der Waals surface area (Å²) in [6, 6.07) is 13.2. The number of hydrogen-bond donors (Lipinski definition) is 0. The van der Waals surface area contributed by atoms with Gasteiger partial charge in [-0.15, -0.1) is 0 Å². The first-order valence-electron chi connectivity index (χ1n) is 19.4. The van der Waals surface area contributed by atoms with Gasteiger partial charge in [0.1, 0.15) is 12.1 Å². The van der Waals surface area contributed by atoms with Crippen molar-refractivity contribution in [1.29, 1.82) is 0 Å². The van der Waals surface area contributed by atoms with E-state index >= 15 is 0 Å². The minimum atomic E-state index is -4.27. The number of nitrogens with zero attached hydrogens (tertiary/aromatic N) is 3. The normalized spacial score (nSPS) is 19.3. The Balaban J connectivity index is 1.59. The molecular weight excluding hydrogens is 936 g/mol. The molecule has 2 aliphatic heterocycles. The summed E-state index contributed by atoms with van der Waals surface area (Å²) in [5.41, 5.74) is 9.06. The summed E-state index contributed by atoms with van der Waals surface area (Å²) in [4.78, 5) is 17.6. The number of hydrogen-bond acceptors (Lipinski definition) is 6. The Morgan fingerprint density at radius 2 is 1.62 bits per heavy atom. The molecule has 2 aromatic rings. The number of carbonyl (C=O) groups excluding carboxylic acids is 1. The second kappa shape index (κ2) is 17.2. The molecular formula is C44H57I2N3O5S. The van der Waals surface area contributed by atoms with Crippen LogP contribution in [0.1, 0.15) is 111 Å². The van der Waals surface area contributed by atoms with E-state index in [9.17, 15) is 17.8 Å². The largest absolute Gasteiger partial charge is 0.748 e. The first-order chi connectivity index (χ1) is 25.7. The minimum absolute atomic E-state index is 0.194. The van der Waals surface area contributed by atoms with E-state index in [0.717, 1.165) is 64.0 Å². The molecule has 0 fully saturated rings. The molecule has 5 rings (SSSR count). The summed E-state index contributed by atoms with van der Waals surface area (Å²) in [6.45, 7) is 18.5. The monoisotopic (exact) mass is 993 g/mol. The second-order valence-corrected chi connectivity index (χ2v) is 20.9. The molecule has 0 bridgehead atoms. The lowest BCUT2D eigenvalue weighted by Crippen LogP contribution is -2.34. The summed E-state index contributed by atoms with van der Waals surface area (Å²) in [5, 5.41) is 0. The number of ether oxygens (including phenoxy) is 1. The van der Waals surface area contributed by atoms with Crippen LogP contribution in [0.4, 0.5) is 16.2 Å². The fourth-order valence-electron chi connectivity index (χ4n) is 8.09. The number of allylic oxidation sites excluding steroid dienone is 7. The summed E-state index contributed by atoms with van der Waals surface area (Å²) >= 11 is 4.75. The zero-order valence-corrected chi connectivity index (χ0v) is 39.0. The number of halogens is 2. The van der Waals surface area contributed by atoms with Crippen LogP contribution < -0.4 is 4.90 Å². The van der Waals surface area contributed by atoms with E-state index in [1.807, 2.05) is 20.8 Å². The molecule has 3 aliphatic rings. The number of fused-ring (bicyclic) bond motifs is 2. The molecule has 0 saturated heterocycles. The van der Waals surface area contributed by atoms with Gasteiger partial charge in [0.05, 0.1) is 21.2 Å². The standard InChI is InChI=1S/C44H57I2N3O5S/c1-10-11-12-25-48-36-21-19-32(45)28-34(36)43(5,6)38(48)23-17-30-15-16-31(40(30)47(9)41(50)54-42(2,3)4)18-24-39-44(7,8)35-29-33(46)20-22-37(35)49(39)26-13-14-27-55(51,52)53/h17-24,28-29H,10-16,25-27H2,1-9H3. The van der Waals surface area contributed by atoms with Gasteiger partial charge in [0.15, 0.2) is 5.71 Å². The third-order valence-corrected chi connectivity index (χ3v) is 13.0. The zero-order chi connectivity index (χ0) is 40.5. The highest BCUT2D eigenvalue weighted by molar-refractivity contribution is 14.1. The number of likely N-dealkylation sites (N-methyl/N-ethyl adjacent to an activating group) is 1. The topological polar surface area (TPSA) is 93.0 Å². The van der Waals surface area contributed by atoms with Crippen LogP contribution in [-0.2, 0) is 25.7 Å². The highest BCUT2D eigenvalue weighted by atomic mass is 127. The lowest BCUT2D eigenvalue weighted by Gasteiger charge is -2.28. The highest BCUT2D eigenvalue weighted by Crippen LogP contribution is 2.49. The van der Waals surface area contributed by atoms with Crippen molar-refractivity contribution in [2.75, 3.05) is 30.8 Å². The van der Waals surface area contributed by atoms with Crippen LogP contribution in [0, 0.1) is 7.14 Å². The summed E-state index contributed by atoms with van der Waals surface area (Å²) in [6.07, 6.45) is 14.3. The maximum atomic E-state index is 13.7. The molecule has 0 radical (unpaired) electrons. The van der Waals surface area contributed by atoms with E-state index in [1.165, 1.54) is 32.5 Å². The number of rotatable bonds is 13. The van der Waals surface area contributed by atoms with E-state index in [-0.39, 0.29) is 16.6 Å². The van der Waals surface area contributed by atoms with Crippen LogP contribution in [0.2, 0.25) is 0 Å². The van der Waals surface area contributed by atoms with Crippen molar-refractivity contribution in [3.63, 3.8) is 0 Å². The smallest absolute Gasteiger partial charge is 0.414 e. The Morgan fingerprint density at radius 1 is 0.945 bits per heavy atom. The molecule has 0 saturated carbocycles. The molecule has 1 aliphatic carbocycles. The van der Waals surface area contributed by atoms with Gasteiger partial charge >= 0.3 is 6.09 Å². The van der Waals surface area contributed by atoms with Crippen molar-refractivity contribution in [3.8, 4) is 0 Å². The lowest BCUT2D eigenvalue weighted by molar-refractivity contribution is -0.438. The van der Waals surface area contributed by atoms with E-state index < -0.39 is 21.8 Å². The molecule has 1 amide bonds. The average molecular weight is 994 g/mol. The van der Waals surface area contributed by atoms with Gasteiger partial charge in [-0.2, -0.15) is 4.58 Å². The maximum absolute atomic E-state index is 13.7. The molecule has 2 aromatic carbocycles. The Kier molecular flexibility index (Phi) is 13.6. The van der Waals surface area contributed by atoms with Gasteiger partial charge in [0.2, 0.25) is 5.69 Å². The molecule has 55 heavy (non-hydrogen) atoms. The molecule has 11 heteroatoms. The number of benzene rings is 2. The predicted molar refractivity (Wildman–Crippen MR) is 240 cm³/mol. The van der Waals surface area contributed by atoms with Gasteiger partial charge in [-0.3, -0.25) is 4.90 Å². The average Bonchev–Trinajstić information content (AvgIpc) is 3.64. The first kappa shape index (κ1) is 43.6. The first-order valence-corrected chi connectivity index (χ1v) is 23.1. The molecule has 0 unspecified atom stereocenters. The van der Waals surface area contributed by atoms with Crippen molar-refractivity contribution in [2.45, 2.75) is 117 Å². The van der Waals surface area contributed by atoms with E-state index in [4.69, 9.17) is 4.74 Å². The fraction of sp³-hybridized carbons (Fsp3) is 0.500.